The zero-order valence-corrected chi connectivity index (χ0v) is 32.0. The highest BCUT2D eigenvalue weighted by Crippen LogP contribution is 2.52. The zero-order valence-electron chi connectivity index (χ0n) is 32.0. The third kappa shape index (κ3) is 5.18. The lowest BCUT2D eigenvalue weighted by molar-refractivity contribution is 0.660. The summed E-state index contributed by atoms with van der Waals surface area (Å²) in [5.41, 5.74) is 17.0. The van der Waals surface area contributed by atoms with Crippen molar-refractivity contribution in [2.75, 3.05) is 4.90 Å². The second-order valence-electron chi connectivity index (χ2n) is 15.7. The van der Waals surface area contributed by atoms with E-state index in [2.05, 4.69) is 230 Å². The Bertz CT molecular complexity index is 3150. The number of rotatable bonds is 6. The third-order valence-corrected chi connectivity index (χ3v) is 12.2. The van der Waals surface area contributed by atoms with Gasteiger partial charge in [0.05, 0.1) is 22.4 Å². The molecule has 11 rings (SSSR count). The van der Waals surface area contributed by atoms with Crippen LogP contribution in [-0.4, -0.2) is 4.57 Å². The van der Waals surface area contributed by atoms with Crippen LogP contribution in [0.4, 0.5) is 17.1 Å². The first-order valence-electron chi connectivity index (χ1n) is 19.9. The van der Waals surface area contributed by atoms with Gasteiger partial charge < -0.3 is 9.47 Å². The van der Waals surface area contributed by atoms with E-state index in [1.165, 1.54) is 77.1 Å². The Balaban J connectivity index is 1.19. The van der Waals surface area contributed by atoms with Crippen LogP contribution in [0.1, 0.15) is 25.0 Å². The molecule has 0 N–H and O–H groups in total. The van der Waals surface area contributed by atoms with E-state index in [4.69, 9.17) is 0 Å². The highest BCUT2D eigenvalue weighted by atomic mass is 15.1. The van der Waals surface area contributed by atoms with Gasteiger partial charge >= 0.3 is 0 Å². The molecule has 9 aromatic carbocycles. The number of fused-ring (bicyclic) bond motifs is 7. The first-order chi connectivity index (χ1) is 28.1. The van der Waals surface area contributed by atoms with Crippen LogP contribution in [0.2, 0.25) is 0 Å². The van der Waals surface area contributed by atoms with Gasteiger partial charge in [-0.15, -0.1) is 0 Å². The van der Waals surface area contributed by atoms with Crippen molar-refractivity contribution in [3.63, 3.8) is 0 Å². The van der Waals surface area contributed by atoms with Crippen LogP contribution in [0.3, 0.4) is 0 Å². The summed E-state index contributed by atoms with van der Waals surface area (Å²) >= 11 is 0. The molecule has 0 saturated carbocycles. The SMILES string of the molecule is CC1(C)c2ccccc2-c2ccc(N(c3ccc4c5ccccc5n(-c5ccccc5-c5ccccc5)c4c3)c3ccc(-c4ccccc4)c4ccccc34)cc21. The molecule has 1 aliphatic rings. The third-order valence-electron chi connectivity index (χ3n) is 12.2. The van der Waals surface area contributed by atoms with Gasteiger partial charge in [0.1, 0.15) is 0 Å². The van der Waals surface area contributed by atoms with Crippen LogP contribution >= 0.6 is 0 Å². The second-order valence-corrected chi connectivity index (χ2v) is 15.7. The summed E-state index contributed by atoms with van der Waals surface area (Å²) in [6.07, 6.45) is 0. The number of hydrogen-bond acceptors (Lipinski definition) is 1. The van der Waals surface area contributed by atoms with E-state index in [1.807, 2.05) is 0 Å². The standard InChI is InChI=1S/C55H40N2/c1-55(2)49-26-14-11-23-44(49)45-31-29-39(35-50(45)55)56(53-34-33-41(37-17-5-3-6-18-37)43-22-9-10-24-46(43)53)40-30-32-48-47-25-13-16-28-52(47)57(54(48)36-40)51-27-15-12-21-42(51)38-19-7-4-8-20-38/h3-36H,1-2H3. The molecular weight excluding hydrogens is 689 g/mol. The molecule has 2 nitrogen and oxygen atoms in total. The summed E-state index contributed by atoms with van der Waals surface area (Å²) in [6, 6.07) is 75.7. The van der Waals surface area contributed by atoms with Crippen molar-refractivity contribution in [3.05, 3.63) is 217 Å². The molecule has 0 fully saturated rings. The maximum absolute atomic E-state index is 2.49. The van der Waals surface area contributed by atoms with Crippen molar-refractivity contribution in [2.45, 2.75) is 19.3 Å². The smallest absolute Gasteiger partial charge is 0.0562 e. The topological polar surface area (TPSA) is 8.17 Å². The maximum atomic E-state index is 2.49. The van der Waals surface area contributed by atoms with E-state index >= 15 is 0 Å². The molecule has 0 atom stereocenters. The van der Waals surface area contributed by atoms with Gasteiger partial charge in [0.15, 0.2) is 0 Å². The molecule has 1 heterocycles. The van der Waals surface area contributed by atoms with Crippen LogP contribution in [0, 0.1) is 0 Å². The van der Waals surface area contributed by atoms with Crippen LogP contribution in [0.25, 0.3) is 71.6 Å². The van der Waals surface area contributed by atoms with E-state index in [1.54, 1.807) is 0 Å². The van der Waals surface area contributed by atoms with Gasteiger partial charge in [-0.1, -0.05) is 178 Å². The van der Waals surface area contributed by atoms with E-state index in [9.17, 15) is 0 Å². The lowest BCUT2D eigenvalue weighted by Gasteiger charge is -2.29. The van der Waals surface area contributed by atoms with Crippen molar-refractivity contribution in [1.82, 2.24) is 4.57 Å². The second kappa shape index (κ2) is 13.0. The minimum Gasteiger partial charge on any atom is -0.310 e. The number of hydrogen-bond donors (Lipinski definition) is 0. The van der Waals surface area contributed by atoms with Gasteiger partial charge in [-0.3, -0.25) is 0 Å². The number of benzene rings is 9. The summed E-state index contributed by atoms with van der Waals surface area (Å²) in [7, 11) is 0. The first kappa shape index (κ1) is 33.2. The molecule has 270 valence electrons. The first-order valence-corrected chi connectivity index (χ1v) is 19.9. The summed E-state index contributed by atoms with van der Waals surface area (Å²) in [4.78, 5) is 2.49. The Labute approximate surface area is 333 Å². The van der Waals surface area contributed by atoms with E-state index < -0.39 is 0 Å². The fourth-order valence-electron chi connectivity index (χ4n) is 9.49. The normalized spacial score (nSPS) is 12.9. The molecular formula is C55H40N2. The summed E-state index contributed by atoms with van der Waals surface area (Å²) in [6.45, 7) is 4.73. The van der Waals surface area contributed by atoms with Crippen LogP contribution in [0.15, 0.2) is 206 Å². The van der Waals surface area contributed by atoms with Crippen molar-refractivity contribution in [3.8, 4) is 39.1 Å². The van der Waals surface area contributed by atoms with Gasteiger partial charge in [-0.25, -0.2) is 0 Å². The fraction of sp³-hybridized carbons (Fsp3) is 0.0545. The lowest BCUT2D eigenvalue weighted by atomic mass is 9.82. The van der Waals surface area contributed by atoms with Crippen molar-refractivity contribution in [1.29, 1.82) is 0 Å². The van der Waals surface area contributed by atoms with Gasteiger partial charge in [0.25, 0.3) is 0 Å². The summed E-state index contributed by atoms with van der Waals surface area (Å²) in [5.74, 6) is 0. The van der Waals surface area contributed by atoms with Crippen molar-refractivity contribution < 1.29 is 0 Å². The van der Waals surface area contributed by atoms with Crippen LogP contribution in [-0.2, 0) is 5.41 Å². The minimum absolute atomic E-state index is 0.135. The average molecular weight is 729 g/mol. The largest absolute Gasteiger partial charge is 0.310 e. The predicted molar refractivity (Wildman–Crippen MR) is 241 cm³/mol. The van der Waals surface area contributed by atoms with Gasteiger partial charge in [0.2, 0.25) is 0 Å². The molecule has 0 bridgehead atoms. The van der Waals surface area contributed by atoms with Gasteiger partial charge in [0, 0.05) is 38.5 Å². The molecule has 0 amide bonds. The van der Waals surface area contributed by atoms with E-state index in [-0.39, 0.29) is 5.41 Å². The monoisotopic (exact) mass is 728 g/mol. The Morgan fingerprint density at radius 1 is 0.368 bits per heavy atom. The Morgan fingerprint density at radius 3 is 1.70 bits per heavy atom. The summed E-state index contributed by atoms with van der Waals surface area (Å²) < 4.78 is 2.47. The lowest BCUT2D eigenvalue weighted by Crippen LogP contribution is -2.16. The number of anilines is 3. The number of nitrogens with zero attached hydrogens (tertiary/aromatic N) is 2. The molecule has 1 aliphatic carbocycles. The fourth-order valence-corrected chi connectivity index (χ4v) is 9.49. The predicted octanol–water partition coefficient (Wildman–Crippen LogP) is 15.0. The Kier molecular flexibility index (Phi) is 7.55. The van der Waals surface area contributed by atoms with Gasteiger partial charge in [-0.05, 0) is 86.8 Å². The van der Waals surface area contributed by atoms with Gasteiger partial charge in [-0.2, -0.15) is 0 Å². The van der Waals surface area contributed by atoms with Crippen molar-refractivity contribution in [2.24, 2.45) is 0 Å². The molecule has 0 unspecified atom stereocenters. The molecule has 0 radical (unpaired) electrons. The van der Waals surface area contributed by atoms with Crippen LogP contribution in [0.5, 0.6) is 0 Å². The number of aromatic nitrogens is 1. The molecule has 1 aromatic heterocycles. The van der Waals surface area contributed by atoms with Crippen LogP contribution < -0.4 is 4.90 Å². The van der Waals surface area contributed by atoms with Crippen molar-refractivity contribution >= 4 is 49.6 Å². The molecule has 10 aromatic rings. The zero-order chi connectivity index (χ0) is 38.1. The summed E-state index contributed by atoms with van der Waals surface area (Å²) in [5, 5.41) is 4.90. The molecule has 0 spiro atoms. The minimum atomic E-state index is -0.135. The van der Waals surface area contributed by atoms with E-state index in [0.29, 0.717) is 0 Å². The number of para-hydroxylation sites is 2. The highest BCUT2D eigenvalue weighted by Gasteiger charge is 2.36. The maximum Gasteiger partial charge on any atom is 0.0562 e. The quantitative estimate of drug-likeness (QED) is 0.165. The Morgan fingerprint density at radius 2 is 0.912 bits per heavy atom. The highest BCUT2D eigenvalue weighted by molar-refractivity contribution is 6.12. The average Bonchev–Trinajstić information content (AvgIpc) is 3.72. The molecule has 2 heteroatoms. The molecule has 0 saturated heterocycles. The Hall–Kier alpha value is -7.16. The molecule has 0 aliphatic heterocycles. The molecule has 57 heavy (non-hydrogen) atoms. The van der Waals surface area contributed by atoms with E-state index in [0.717, 1.165) is 22.7 Å².